The fourth-order valence-corrected chi connectivity index (χ4v) is 5.06. The van der Waals surface area contributed by atoms with Gasteiger partial charge in [-0.2, -0.15) is 4.68 Å². The fraction of sp³-hybridized carbons (Fsp3) is 0.148. The number of carboxylic acids is 1. The van der Waals surface area contributed by atoms with Gasteiger partial charge in [0.2, 0.25) is 10.3 Å². The number of H-pyrrole nitrogens is 1. The van der Waals surface area contributed by atoms with Crippen molar-refractivity contribution in [2.45, 2.75) is 19.3 Å². The molecule has 3 N–H and O–H groups in total. The molecule has 40 heavy (non-hydrogen) atoms. The molecule has 5 rings (SSSR count). The van der Waals surface area contributed by atoms with Gasteiger partial charge in [-0.05, 0) is 25.0 Å². The van der Waals surface area contributed by atoms with E-state index in [1.54, 1.807) is 35.8 Å². The van der Waals surface area contributed by atoms with Crippen LogP contribution in [-0.4, -0.2) is 43.3 Å². The van der Waals surface area contributed by atoms with Gasteiger partial charge in [0.25, 0.3) is 5.91 Å². The molecule has 0 aliphatic carbocycles. The lowest BCUT2D eigenvalue weighted by Crippen LogP contribution is -2.24. The van der Waals surface area contributed by atoms with Crippen LogP contribution in [-0.2, 0) is 4.79 Å². The first-order valence-corrected chi connectivity index (χ1v) is 14.0. The SMILES string of the molecule is O=C(O)CCCCNC(=O)c1ccc(-c2csc(-n3[nH]c(-c4ccccc4)c(N=Nc4nccs4)c3=O)n2)cc1. The standard InChI is InChI=1S/C27H23N7O4S2/c35-21(36)8-4-5-13-28-24(37)19-11-9-17(10-12-19)20-16-40-27(30-20)34-25(38)23(31-32-26-29-14-15-39-26)22(33-34)18-6-2-1-3-7-18/h1-3,6-7,9-12,14-16,33H,4-5,8,13H2,(H,28,37)(H,35,36). The minimum atomic E-state index is -0.845. The summed E-state index contributed by atoms with van der Waals surface area (Å²) < 4.78 is 1.35. The van der Waals surface area contributed by atoms with Crippen LogP contribution in [0.25, 0.3) is 27.6 Å². The third kappa shape index (κ3) is 6.27. The summed E-state index contributed by atoms with van der Waals surface area (Å²) in [5, 5.41) is 27.5. The number of aromatic nitrogens is 4. The molecule has 0 spiro atoms. The summed E-state index contributed by atoms with van der Waals surface area (Å²) in [7, 11) is 0. The van der Waals surface area contributed by atoms with Crippen LogP contribution in [0.2, 0.25) is 0 Å². The van der Waals surface area contributed by atoms with Crippen molar-refractivity contribution in [1.29, 1.82) is 0 Å². The van der Waals surface area contributed by atoms with E-state index in [-0.39, 0.29) is 18.0 Å². The lowest BCUT2D eigenvalue weighted by Gasteiger charge is -2.05. The number of hydrogen-bond donors (Lipinski definition) is 3. The third-order valence-electron chi connectivity index (χ3n) is 5.81. The van der Waals surface area contributed by atoms with Crippen LogP contribution in [0.5, 0.6) is 0 Å². The van der Waals surface area contributed by atoms with E-state index in [4.69, 9.17) is 5.11 Å². The van der Waals surface area contributed by atoms with Gasteiger partial charge in [-0.3, -0.25) is 19.5 Å². The summed E-state index contributed by atoms with van der Waals surface area (Å²) in [5.41, 5.74) is 2.97. The average molecular weight is 574 g/mol. The van der Waals surface area contributed by atoms with E-state index < -0.39 is 11.5 Å². The summed E-state index contributed by atoms with van der Waals surface area (Å²) >= 11 is 2.61. The van der Waals surface area contributed by atoms with Crippen molar-refractivity contribution < 1.29 is 14.7 Å². The Morgan fingerprint density at radius 3 is 2.52 bits per heavy atom. The first-order valence-electron chi connectivity index (χ1n) is 12.3. The maximum Gasteiger partial charge on any atom is 0.303 e. The van der Waals surface area contributed by atoms with Gasteiger partial charge >= 0.3 is 11.5 Å². The first kappa shape index (κ1) is 26.8. The number of carbonyl (C=O) groups is 2. The molecule has 0 radical (unpaired) electrons. The Hall–Kier alpha value is -4.75. The minimum Gasteiger partial charge on any atom is -0.481 e. The van der Waals surface area contributed by atoms with E-state index in [0.717, 1.165) is 11.1 Å². The van der Waals surface area contributed by atoms with Crippen LogP contribution in [0.3, 0.4) is 0 Å². The molecule has 3 aromatic heterocycles. The summed E-state index contributed by atoms with van der Waals surface area (Å²) in [6, 6.07) is 16.4. The molecule has 5 aromatic rings. The number of nitrogens with zero attached hydrogens (tertiary/aromatic N) is 5. The summed E-state index contributed by atoms with van der Waals surface area (Å²) in [5.74, 6) is -1.07. The number of carbonyl (C=O) groups excluding carboxylic acids is 1. The second-order valence-electron chi connectivity index (χ2n) is 8.56. The number of benzene rings is 2. The Labute approximate surface area is 235 Å². The van der Waals surface area contributed by atoms with Crippen molar-refractivity contribution in [3.63, 3.8) is 0 Å². The molecule has 0 saturated heterocycles. The van der Waals surface area contributed by atoms with E-state index in [0.29, 0.717) is 46.6 Å². The number of nitrogens with one attached hydrogen (secondary N) is 2. The van der Waals surface area contributed by atoms with Gasteiger partial charge in [-0.25, -0.2) is 9.97 Å². The number of amides is 1. The van der Waals surface area contributed by atoms with Gasteiger partial charge in [0, 0.05) is 46.6 Å². The van der Waals surface area contributed by atoms with Crippen molar-refractivity contribution >= 4 is 45.4 Å². The minimum absolute atomic E-state index is 0.0837. The van der Waals surface area contributed by atoms with Crippen LogP contribution < -0.4 is 10.9 Å². The van der Waals surface area contributed by atoms with Gasteiger partial charge < -0.3 is 10.4 Å². The van der Waals surface area contributed by atoms with Crippen LogP contribution in [0.4, 0.5) is 10.8 Å². The summed E-state index contributed by atoms with van der Waals surface area (Å²) in [6.45, 7) is 0.407. The lowest BCUT2D eigenvalue weighted by molar-refractivity contribution is -0.137. The number of aromatic amines is 1. The molecule has 0 saturated carbocycles. The third-order valence-corrected chi connectivity index (χ3v) is 7.29. The van der Waals surface area contributed by atoms with E-state index in [9.17, 15) is 14.4 Å². The quantitative estimate of drug-likeness (QED) is 0.134. The largest absolute Gasteiger partial charge is 0.481 e. The second kappa shape index (κ2) is 12.4. The zero-order valence-electron chi connectivity index (χ0n) is 21.0. The highest BCUT2D eigenvalue weighted by atomic mass is 32.1. The molecule has 13 heteroatoms. The van der Waals surface area contributed by atoms with Crippen molar-refractivity contribution in [2.24, 2.45) is 10.2 Å². The molecule has 0 aliphatic rings. The van der Waals surface area contributed by atoms with Gasteiger partial charge in [0.05, 0.1) is 11.4 Å². The molecule has 0 aliphatic heterocycles. The van der Waals surface area contributed by atoms with Crippen LogP contribution >= 0.6 is 22.7 Å². The van der Waals surface area contributed by atoms with Crippen molar-refractivity contribution in [3.8, 4) is 27.6 Å². The molecule has 202 valence electrons. The van der Waals surface area contributed by atoms with Gasteiger partial charge in [0.15, 0.2) is 5.69 Å². The Morgan fingerprint density at radius 1 is 1.00 bits per heavy atom. The number of azo groups is 1. The van der Waals surface area contributed by atoms with Crippen LogP contribution in [0.1, 0.15) is 29.6 Å². The molecular formula is C27H23N7O4S2. The normalized spacial score (nSPS) is 11.2. The predicted octanol–water partition coefficient (Wildman–Crippen LogP) is 5.81. The van der Waals surface area contributed by atoms with E-state index >= 15 is 0 Å². The zero-order valence-corrected chi connectivity index (χ0v) is 22.6. The van der Waals surface area contributed by atoms with E-state index in [2.05, 4.69) is 30.6 Å². The molecule has 0 unspecified atom stereocenters. The summed E-state index contributed by atoms with van der Waals surface area (Å²) in [6.07, 6.45) is 2.80. The maximum atomic E-state index is 13.4. The Bertz CT molecular complexity index is 1690. The fourth-order valence-electron chi connectivity index (χ4n) is 3.82. The smallest absolute Gasteiger partial charge is 0.303 e. The summed E-state index contributed by atoms with van der Waals surface area (Å²) in [4.78, 5) is 45.1. The molecular weight excluding hydrogens is 550 g/mol. The molecule has 11 nitrogen and oxygen atoms in total. The van der Waals surface area contributed by atoms with Gasteiger partial charge in [0.1, 0.15) is 0 Å². The monoisotopic (exact) mass is 573 g/mol. The topological polar surface area (TPSA) is 155 Å². The first-order chi connectivity index (χ1) is 19.5. The Kier molecular flexibility index (Phi) is 8.32. The van der Waals surface area contributed by atoms with Gasteiger partial charge in [-0.15, -0.1) is 32.9 Å². The van der Waals surface area contributed by atoms with E-state index in [1.165, 1.54) is 27.4 Å². The lowest BCUT2D eigenvalue weighted by atomic mass is 10.1. The zero-order chi connectivity index (χ0) is 27.9. The molecule has 0 atom stereocenters. The van der Waals surface area contributed by atoms with Crippen LogP contribution in [0.15, 0.2) is 86.6 Å². The number of aliphatic carboxylic acids is 1. The molecule has 0 fully saturated rings. The Morgan fingerprint density at radius 2 is 1.80 bits per heavy atom. The number of thiazole rings is 2. The maximum absolute atomic E-state index is 13.4. The molecule has 3 heterocycles. The number of hydrogen-bond acceptors (Lipinski definition) is 9. The van der Waals surface area contributed by atoms with Crippen molar-refractivity contribution in [3.05, 3.63) is 87.5 Å². The average Bonchev–Trinajstić information content (AvgIpc) is 3.73. The number of rotatable bonds is 11. The molecule has 1 amide bonds. The second-order valence-corrected chi connectivity index (χ2v) is 10.3. The van der Waals surface area contributed by atoms with Crippen LogP contribution in [0, 0.1) is 0 Å². The highest BCUT2D eigenvalue weighted by Gasteiger charge is 2.19. The highest BCUT2D eigenvalue weighted by molar-refractivity contribution is 7.13. The number of unbranched alkanes of at least 4 members (excludes halogenated alkanes) is 1. The van der Waals surface area contributed by atoms with Crippen molar-refractivity contribution in [2.75, 3.05) is 6.54 Å². The predicted molar refractivity (Wildman–Crippen MR) is 153 cm³/mol. The molecule has 2 aromatic carbocycles. The van der Waals surface area contributed by atoms with E-state index in [1.807, 2.05) is 35.7 Å². The van der Waals surface area contributed by atoms with Crippen molar-refractivity contribution in [1.82, 2.24) is 25.1 Å². The highest BCUT2D eigenvalue weighted by Crippen LogP contribution is 2.30. The number of carboxylic acid groups (broad SMARTS) is 1. The Balaban J connectivity index is 1.35. The molecule has 0 bridgehead atoms. The van der Waals surface area contributed by atoms with Gasteiger partial charge in [-0.1, -0.05) is 42.5 Å².